The Morgan fingerprint density at radius 3 is 2.84 bits per heavy atom. The van der Waals surface area contributed by atoms with E-state index in [0.717, 1.165) is 24.5 Å². The van der Waals surface area contributed by atoms with Gasteiger partial charge in [0.2, 0.25) is 0 Å². The van der Waals surface area contributed by atoms with Crippen molar-refractivity contribution in [1.29, 1.82) is 0 Å². The van der Waals surface area contributed by atoms with Gasteiger partial charge in [-0.25, -0.2) is 0 Å². The molecule has 0 spiro atoms. The summed E-state index contributed by atoms with van der Waals surface area (Å²) in [6, 6.07) is 10.9. The summed E-state index contributed by atoms with van der Waals surface area (Å²) < 4.78 is 11.0. The molecule has 0 amide bonds. The third-order valence-corrected chi connectivity index (χ3v) is 3.68. The van der Waals surface area contributed by atoms with Gasteiger partial charge in [-0.15, -0.1) is 0 Å². The summed E-state index contributed by atoms with van der Waals surface area (Å²) in [5.74, 6) is 2.01. The molecular weight excluding hydrogens is 238 g/mol. The molecule has 1 aliphatic heterocycles. The molecular formula is C16H19NO2. The lowest BCUT2D eigenvalue weighted by atomic mass is 10.0. The highest BCUT2D eigenvalue weighted by atomic mass is 16.5. The van der Waals surface area contributed by atoms with E-state index in [0.29, 0.717) is 0 Å². The second-order valence-corrected chi connectivity index (χ2v) is 5.09. The normalized spacial score (nSPS) is 16.7. The standard InChI is InChI=1S/C16H19NO2/c1-11(17-12(2)15-4-3-8-18-15)13-5-6-16-14(10-13)7-9-19-16/h3-6,8,10-12,17H,7,9H2,1-2H3/t11?,12-/m0/s1. The van der Waals surface area contributed by atoms with Crippen molar-refractivity contribution in [2.45, 2.75) is 32.4 Å². The Morgan fingerprint density at radius 1 is 1.16 bits per heavy atom. The Balaban J connectivity index is 1.72. The maximum atomic E-state index is 5.54. The van der Waals surface area contributed by atoms with E-state index in [1.54, 1.807) is 6.26 Å². The number of nitrogens with one attached hydrogen (secondary N) is 1. The maximum absolute atomic E-state index is 5.54. The molecule has 1 unspecified atom stereocenters. The third-order valence-electron chi connectivity index (χ3n) is 3.68. The number of hydrogen-bond donors (Lipinski definition) is 1. The van der Waals surface area contributed by atoms with Gasteiger partial charge in [-0.2, -0.15) is 0 Å². The van der Waals surface area contributed by atoms with Crippen LogP contribution in [0.25, 0.3) is 0 Å². The highest BCUT2D eigenvalue weighted by Crippen LogP contribution is 2.29. The van der Waals surface area contributed by atoms with Crippen LogP contribution in [0.15, 0.2) is 41.0 Å². The summed E-state index contributed by atoms with van der Waals surface area (Å²) in [5, 5.41) is 3.56. The summed E-state index contributed by atoms with van der Waals surface area (Å²) >= 11 is 0. The van der Waals surface area contributed by atoms with Crippen molar-refractivity contribution in [3.05, 3.63) is 53.5 Å². The predicted octanol–water partition coefficient (Wildman–Crippen LogP) is 3.63. The number of benzene rings is 1. The zero-order chi connectivity index (χ0) is 13.2. The molecule has 1 N–H and O–H groups in total. The van der Waals surface area contributed by atoms with E-state index in [-0.39, 0.29) is 12.1 Å². The van der Waals surface area contributed by atoms with Crippen molar-refractivity contribution < 1.29 is 9.15 Å². The van der Waals surface area contributed by atoms with Gasteiger partial charge in [-0.05, 0) is 43.2 Å². The van der Waals surface area contributed by atoms with E-state index in [1.165, 1.54) is 11.1 Å². The Morgan fingerprint density at radius 2 is 2.05 bits per heavy atom. The predicted molar refractivity (Wildman–Crippen MR) is 74.3 cm³/mol. The van der Waals surface area contributed by atoms with Crippen LogP contribution in [0, 0.1) is 0 Å². The summed E-state index contributed by atoms with van der Waals surface area (Å²) in [6.07, 6.45) is 2.73. The smallest absolute Gasteiger partial charge is 0.122 e. The quantitative estimate of drug-likeness (QED) is 0.908. The SMILES string of the molecule is CC(N[C@@H](C)c1ccco1)c1ccc2c(c1)CCO2. The number of hydrogen-bond acceptors (Lipinski definition) is 3. The lowest BCUT2D eigenvalue weighted by Crippen LogP contribution is -2.22. The van der Waals surface area contributed by atoms with E-state index >= 15 is 0 Å². The number of ether oxygens (including phenoxy) is 1. The van der Waals surface area contributed by atoms with E-state index in [4.69, 9.17) is 9.15 Å². The largest absolute Gasteiger partial charge is 0.493 e. The van der Waals surface area contributed by atoms with E-state index in [9.17, 15) is 0 Å². The summed E-state index contributed by atoms with van der Waals surface area (Å²) in [6.45, 7) is 5.10. The van der Waals surface area contributed by atoms with Gasteiger partial charge in [0.05, 0.1) is 18.9 Å². The van der Waals surface area contributed by atoms with Crippen LogP contribution in [0.4, 0.5) is 0 Å². The molecule has 100 valence electrons. The van der Waals surface area contributed by atoms with E-state index in [2.05, 4.69) is 37.4 Å². The molecule has 0 fully saturated rings. The van der Waals surface area contributed by atoms with Gasteiger partial charge in [0, 0.05) is 12.5 Å². The molecule has 0 radical (unpaired) electrons. The van der Waals surface area contributed by atoms with Crippen molar-refractivity contribution >= 4 is 0 Å². The van der Waals surface area contributed by atoms with E-state index < -0.39 is 0 Å². The van der Waals surface area contributed by atoms with Crippen molar-refractivity contribution in [2.24, 2.45) is 0 Å². The van der Waals surface area contributed by atoms with Crippen molar-refractivity contribution in [1.82, 2.24) is 5.32 Å². The molecule has 2 heterocycles. The monoisotopic (exact) mass is 257 g/mol. The highest BCUT2D eigenvalue weighted by molar-refractivity contribution is 5.40. The number of furan rings is 1. The Hall–Kier alpha value is -1.74. The Labute approximate surface area is 113 Å². The van der Waals surface area contributed by atoms with Gasteiger partial charge < -0.3 is 14.5 Å². The Kier molecular flexibility index (Phi) is 3.30. The molecule has 1 aliphatic rings. The molecule has 3 rings (SSSR count). The van der Waals surface area contributed by atoms with E-state index in [1.807, 2.05) is 12.1 Å². The second kappa shape index (κ2) is 5.10. The summed E-state index contributed by atoms with van der Waals surface area (Å²) in [4.78, 5) is 0. The lowest BCUT2D eigenvalue weighted by molar-refractivity contribution is 0.356. The molecule has 1 aromatic carbocycles. The van der Waals surface area contributed by atoms with Crippen LogP contribution in [0.3, 0.4) is 0 Å². The number of fused-ring (bicyclic) bond motifs is 1. The van der Waals surface area contributed by atoms with Crippen LogP contribution in [0.2, 0.25) is 0 Å². The lowest BCUT2D eigenvalue weighted by Gasteiger charge is -2.19. The first-order valence-electron chi connectivity index (χ1n) is 6.79. The zero-order valence-electron chi connectivity index (χ0n) is 11.3. The second-order valence-electron chi connectivity index (χ2n) is 5.09. The van der Waals surface area contributed by atoms with Gasteiger partial charge in [-0.1, -0.05) is 12.1 Å². The van der Waals surface area contributed by atoms with Crippen LogP contribution >= 0.6 is 0 Å². The summed E-state index contributed by atoms with van der Waals surface area (Å²) in [7, 11) is 0. The Bertz CT molecular complexity index is 548. The maximum Gasteiger partial charge on any atom is 0.122 e. The third kappa shape index (κ3) is 2.51. The van der Waals surface area contributed by atoms with Crippen molar-refractivity contribution in [3.63, 3.8) is 0 Å². The van der Waals surface area contributed by atoms with Gasteiger partial charge >= 0.3 is 0 Å². The molecule has 2 atom stereocenters. The minimum atomic E-state index is 0.203. The number of rotatable bonds is 4. The average molecular weight is 257 g/mol. The fraction of sp³-hybridized carbons (Fsp3) is 0.375. The van der Waals surface area contributed by atoms with Gasteiger partial charge in [0.15, 0.2) is 0 Å². The van der Waals surface area contributed by atoms with Gasteiger partial charge in [0.25, 0.3) is 0 Å². The van der Waals surface area contributed by atoms with Crippen LogP contribution in [0.1, 0.15) is 42.8 Å². The van der Waals surface area contributed by atoms with Crippen LogP contribution in [-0.4, -0.2) is 6.61 Å². The fourth-order valence-corrected chi connectivity index (χ4v) is 2.57. The molecule has 0 bridgehead atoms. The molecule has 0 saturated heterocycles. The first-order valence-corrected chi connectivity index (χ1v) is 6.79. The van der Waals surface area contributed by atoms with Crippen molar-refractivity contribution in [2.75, 3.05) is 6.61 Å². The minimum absolute atomic E-state index is 0.203. The molecule has 19 heavy (non-hydrogen) atoms. The van der Waals surface area contributed by atoms with Gasteiger partial charge in [-0.3, -0.25) is 0 Å². The molecule has 0 aliphatic carbocycles. The molecule has 2 aromatic rings. The first-order chi connectivity index (χ1) is 9.24. The molecule has 0 saturated carbocycles. The summed E-state index contributed by atoms with van der Waals surface area (Å²) in [5.41, 5.74) is 2.61. The van der Waals surface area contributed by atoms with Gasteiger partial charge in [0.1, 0.15) is 11.5 Å². The van der Waals surface area contributed by atoms with Crippen LogP contribution < -0.4 is 10.1 Å². The molecule has 3 heteroatoms. The first kappa shape index (κ1) is 12.3. The molecule has 1 aromatic heterocycles. The van der Waals surface area contributed by atoms with Crippen LogP contribution in [-0.2, 0) is 6.42 Å². The van der Waals surface area contributed by atoms with Crippen LogP contribution in [0.5, 0.6) is 5.75 Å². The highest BCUT2D eigenvalue weighted by Gasteiger charge is 2.16. The average Bonchev–Trinajstić information content (AvgIpc) is 3.09. The minimum Gasteiger partial charge on any atom is -0.493 e. The van der Waals surface area contributed by atoms with Crippen molar-refractivity contribution in [3.8, 4) is 5.75 Å². The topological polar surface area (TPSA) is 34.4 Å². The molecule has 3 nitrogen and oxygen atoms in total. The zero-order valence-corrected chi connectivity index (χ0v) is 11.3. The fourth-order valence-electron chi connectivity index (χ4n) is 2.57.